The first kappa shape index (κ1) is 12.7. The quantitative estimate of drug-likeness (QED) is 0.919. The average Bonchev–Trinajstić information content (AvgIpc) is 2.73. The van der Waals surface area contributed by atoms with E-state index in [1.54, 1.807) is 12.4 Å². The van der Waals surface area contributed by atoms with Gasteiger partial charge in [-0.15, -0.1) is 11.3 Å². The van der Waals surface area contributed by atoms with Crippen LogP contribution in [0.2, 0.25) is 0 Å². The molecular weight excluding hydrogens is 248 g/mol. The average molecular weight is 262 g/mol. The molecule has 1 N–H and O–H groups in total. The fraction of sp³-hybridized carbons (Fsp3) is 0.308. The van der Waals surface area contributed by atoms with E-state index in [2.05, 4.69) is 9.97 Å². The Hall–Kier alpha value is -1.75. The van der Waals surface area contributed by atoms with Crippen LogP contribution in [0, 0.1) is 6.92 Å². The minimum atomic E-state index is -0.790. The van der Waals surface area contributed by atoms with Gasteiger partial charge in [0.15, 0.2) is 0 Å². The minimum Gasteiger partial charge on any atom is -0.481 e. The highest BCUT2D eigenvalue weighted by atomic mass is 32.1. The van der Waals surface area contributed by atoms with E-state index < -0.39 is 11.9 Å². The molecule has 18 heavy (non-hydrogen) atoms. The molecule has 2 heterocycles. The molecule has 0 saturated heterocycles. The van der Waals surface area contributed by atoms with Crippen molar-refractivity contribution in [3.63, 3.8) is 0 Å². The Morgan fingerprint density at radius 2 is 2.33 bits per heavy atom. The maximum Gasteiger partial charge on any atom is 0.311 e. The molecule has 1 atom stereocenters. The molecule has 0 radical (unpaired) electrons. The second kappa shape index (κ2) is 5.27. The molecule has 0 spiro atoms. The highest BCUT2D eigenvalue weighted by Crippen LogP contribution is 2.33. The lowest BCUT2D eigenvalue weighted by Gasteiger charge is -2.06. The summed E-state index contributed by atoms with van der Waals surface area (Å²) < 4.78 is 0. The van der Waals surface area contributed by atoms with E-state index in [0.29, 0.717) is 6.42 Å². The van der Waals surface area contributed by atoms with Gasteiger partial charge < -0.3 is 5.11 Å². The van der Waals surface area contributed by atoms with Gasteiger partial charge in [0.05, 0.1) is 11.6 Å². The third-order valence-electron chi connectivity index (χ3n) is 2.76. The van der Waals surface area contributed by atoms with Crippen LogP contribution in [-0.4, -0.2) is 21.0 Å². The van der Waals surface area contributed by atoms with Crippen molar-refractivity contribution < 1.29 is 9.90 Å². The van der Waals surface area contributed by atoms with E-state index in [4.69, 9.17) is 0 Å². The Labute approximate surface area is 109 Å². The van der Waals surface area contributed by atoms with Crippen LogP contribution in [0.25, 0.3) is 10.6 Å². The van der Waals surface area contributed by atoms with Crippen molar-refractivity contribution in [3.8, 4) is 10.6 Å². The van der Waals surface area contributed by atoms with E-state index >= 15 is 0 Å². The monoisotopic (exact) mass is 262 g/mol. The zero-order chi connectivity index (χ0) is 13.1. The number of aliphatic carboxylic acids is 1. The van der Waals surface area contributed by atoms with Crippen LogP contribution in [0.3, 0.4) is 0 Å². The first-order valence-electron chi connectivity index (χ1n) is 5.74. The molecule has 5 heteroatoms. The predicted molar refractivity (Wildman–Crippen MR) is 70.7 cm³/mol. The Balaban J connectivity index is 2.41. The van der Waals surface area contributed by atoms with Gasteiger partial charge in [0, 0.05) is 22.8 Å². The maximum absolute atomic E-state index is 11.2. The molecule has 0 aromatic carbocycles. The van der Waals surface area contributed by atoms with Crippen LogP contribution < -0.4 is 0 Å². The van der Waals surface area contributed by atoms with Crippen LogP contribution in [0.5, 0.6) is 0 Å². The lowest BCUT2D eigenvalue weighted by molar-refractivity contribution is -0.138. The minimum absolute atomic E-state index is 0.465. The summed E-state index contributed by atoms with van der Waals surface area (Å²) >= 11 is 1.44. The summed E-state index contributed by atoms with van der Waals surface area (Å²) in [7, 11) is 0. The number of nitrogens with zero attached hydrogens (tertiary/aromatic N) is 2. The van der Waals surface area contributed by atoms with Crippen molar-refractivity contribution >= 4 is 17.3 Å². The van der Waals surface area contributed by atoms with Crippen molar-refractivity contribution in [2.45, 2.75) is 26.2 Å². The second-order valence-corrected chi connectivity index (χ2v) is 5.04. The largest absolute Gasteiger partial charge is 0.481 e. The predicted octanol–water partition coefficient (Wildman–Crippen LogP) is 3.09. The van der Waals surface area contributed by atoms with E-state index in [-0.39, 0.29) is 0 Å². The van der Waals surface area contributed by atoms with Gasteiger partial charge in [0.1, 0.15) is 5.01 Å². The third-order valence-corrected chi connectivity index (χ3v) is 4.08. The molecule has 0 saturated carbocycles. The van der Waals surface area contributed by atoms with Gasteiger partial charge in [-0.05, 0) is 25.5 Å². The van der Waals surface area contributed by atoms with Crippen molar-refractivity contribution in [2.24, 2.45) is 0 Å². The first-order chi connectivity index (χ1) is 8.63. The molecule has 2 aromatic rings. The highest BCUT2D eigenvalue weighted by molar-refractivity contribution is 7.15. The molecule has 1 unspecified atom stereocenters. The Bertz CT molecular complexity index is 551. The van der Waals surface area contributed by atoms with Crippen molar-refractivity contribution in [3.05, 3.63) is 35.1 Å². The van der Waals surface area contributed by atoms with Crippen molar-refractivity contribution in [1.29, 1.82) is 0 Å². The number of aryl methyl sites for hydroxylation is 1. The molecule has 94 valence electrons. The van der Waals surface area contributed by atoms with Crippen molar-refractivity contribution in [2.75, 3.05) is 0 Å². The number of rotatable bonds is 4. The van der Waals surface area contributed by atoms with Gasteiger partial charge in [-0.2, -0.15) is 0 Å². The van der Waals surface area contributed by atoms with Crippen LogP contribution in [0.1, 0.15) is 29.8 Å². The van der Waals surface area contributed by atoms with Gasteiger partial charge in [0.25, 0.3) is 0 Å². The van der Waals surface area contributed by atoms with Crippen molar-refractivity contribution in [1.82, 2.24) is 9.97 Å². The summed E-state index contributed by atoms with van der Waals surface area (Å²) in [6.07, 6.45) is 4.02. The lowest BCUT2D eigenvalue weighted by Crippen LogP contribution is -2.09. The van der Waals surface area contributed by atoms with E-state index in [9.17, 15) is 9.90 Å². The smallest absolute Gasteiger partial charge is 0.311 e. The number of carboxylic acid groups (broad SMARTS) is 1. The molecule has 4 nitrogen and oxygen atoms in total. The fourth-order valence-corrected chi connectivity index (χ4v) is 3.05. The van der Waals surface area contributed by atoms with Gasteiger partial charge in [-0.1, -0.05) is 6.92 Å². The zero-order valence-electron chi connectivity index (χ0n) is 10.3. The summed E-state index contributed by atoms with van der Waals surface area (Å²) in [5.74, 6) is -1.25. The van der Waals surface area contributed by atoms with Gasteiger partial charge in [-0.25, -0.2) is 4.98 Å². The first-order valence-corrected chi connectivity index (χ1v) is 6.55. The Kier molecular flexibility index (Phi) is 3.72. The number of thiazole rings is 1. The number of carbonyl (C=O) groups is 1. The molecule has 2 rings (SSSR count). The van der Waals surface area contributed by atoms with Gasteiger partial charge in [-0.3, -0.25) is 9.78 Å². The molecule has 0 aliphatic rings. The topological polar surface area (TPSA) is 63.1 Å². The van der Waals surface area contributed by atoms with Crippen LogP contribution in [0.4, 0.5) is 0 Å². The van der Waals surface area contributed by atoms with Crippen LogP contribution in [0.15, 0.2) is 24.5 Å². The number of aromatic nitrogens is 2. The number of pyridine rings is 1. The fourth-order valence-electron chi connectivity index (χ4n) is 1.82. The van der Waals surface area contributed by atoms with Gasteiger partial charge >= 0.3 is 5.97 Å². The molecule has 0 amide bonds. The van der Waals surface area contributed by atoms with Crippen LogP contribution >= 0.6 is 11.3 Å². The molecule has 2 aromatic heterocycles. The van der Waals surface area contributed by atoms with E-state index in [0.717, 1.165) is 21.1 Å². The maximum atomic E-state index is 11.2. The number of carboxylic acids is 1. The molecule has 0 fully saturated rings. The number of hydrogen-bond acceptors (Lipinski definition) is 4. The molecular formula is C13H14N2O2S. The molecule has 0 bridgehead atoms. The van der Waals surface area contributed by atoms with Gasteiger partial charge in [0.2, 0.25) is 0 Å². The standard InChI is InChI=1S/C13H14N2O2S/c1-3-10(13(16)17)11-8(2)15-12(18-11)9-5-4-6-14-7-9/h4-7,10H,3H2,1-2H3,(H,16,17). The molecule has 0 aliphatic carbocycles. The van der Waals surface area contributed by atoms with E-state index in [1.165, 1.54) is 11.3 Å². The summed E-state index contributed by atoms with van der Waals surface area (Å²) in [5, 5.41) is 10.0. The Morgan fingerprint density at radius 3 is 2.89 bits per heavy atom. The second-order valence-electron chi connectivity index (χ2n) is 4.01. The third kappa shape index (κ3) is 2.41. The Morgan fingerprint density at radius 1 is 1.56 bits per heavy atom. The zero-order valence-corrected chi connectivity index (χ0v) is 11.1. The SMILES string of the molecule is CCC(C(=O)O)c1sc(-c2cccnc2)nc1C. The summed E-state index contributed by atoms with van der Waals surface area (Å²) in [5.41, 5.74) is 1.73. The van der Waals surface area contributed by atoms with E-state index in [1.807, 2.05) is 26.0 Å². The number of hydrogen-bond donors (Lipinski definition) is 1. The summed E-state index contributed by atoms with van der Waals surface area (Å²) in [6, 6.07) is 3.77. The summed E-state index contributed by atoms with van der Waals surface area (Å²) in [4.78, 5) is 20.5. The highest BCUT2D eigenvalue weighted by Gasteiger charge is 2.23. The summed E-state index contributed by atoms with van der Waals surface area (Å²) in [6.45, 7) is 3.74. The normalized spacial score (nSPS) is 12.3. The molecule has 0 aliphatic heterocycles. The van der Waals surface area contributed by atoms with Crippen LogP contribution in [-0.2, 0) is 4.79 Å². The lowest BCUT2D eigenvalue weighted by atomic mass is 10.0.